The zero-order valence-electron chi connectivity index (χ0n) is 14.9. The largest absolute Gasteiger partial charge is 0.492 e. The van der Waals surface area contributed by atoms with Crippen LogP contribution in [0.4, 0.5) is 5.69 Å². The minimum absolute atomic E-state index is 0.282. The molecule has 0 spiro atoms. The van der Waals surface area contributed by atoms with Gasteiger partial charge in [0.2, 0.25) is 0 Å². The number of nitrogens with one attached hydrogen (secondary N) is 1. The van der Waals surface area contributed by atoms with Crippen molar-refractivity contribution in [2.24, 2.45) is 0 Å². The number of nitrogens with zero attached hydrogens (tertiary/aromatic N) is 2. The number of aromatic nitrogens is 2. The van der Waals surface area contributed by atoms with Gasteiger partial charge in [-0.2, -0.15) is 0 Å². The molecule has 27 heavy (non-hydrogen) atoms. The number of anilines is 1. The highest BCUT2D eigenvalue weighted by molar-refractivity contribution is 6.13. The third-order valence-electron chi connectivity index (χ3n) is 4.07. The van der Waals surface area contributed by atoms with Crippen LogP contribution in [0.15, 0.2) is 57.7 Å². The molecule has 1 aromatic carbocycles. The van der Waals surface area contributed by atoms with Gasteiger partial charge in [0.25, 0.3) is 11.6 Å². The average Bonchev–Trinajstić information content (AvgIpc) is 3.33. The smallest absolute Gasteiger partial charge is 0.259 e. The Hall–Kier alpha value is -3.61. The molecule has 1 amide bonds. The van der Waals surface area contributed by atoms with E-state index in [0.29, 0.717) is 46.1 Å². The van der Waals surface area contributed by atoms with Crippen molar-refractivity contribution in [2.45, 2.75) is 13.8 Å². The van der Waals surface area contributed by atoms with Crippen molar-refractivity contribution >= 4 is 22.7 Å². The van der Waals surface area contributed by atoms with Crippen molar-refractivity contribution in [3.63, 3.8) is 0 Å². The molecule has 4 aromatic rings. The van der Waals surface area contributed by atoms with E-state index >= 15 is 0 Å². The zero-order valence-corrected chi connectivity index (χ0v) is 14.9. The summed E-state index contributed by atoms with van der Waals surface area (Å²) in [5.74, 6) is 0.829. The molecule has 0 aliphatic rings. The van der Waals surface area contributed by atoms with E-state index in [1.807, 2.05) is 19.1 Å². The molecule has 0 unspecified atom stereocenters. The number of carbonyl (C=O) groups is 1. The maximum absolute atomic E-state index is 13.1. The van der Waals surface area contributed by atoms with Crippen molar-refractivity contribution in [2.75, 3.05) is 11.9 Å². The average molecular weight is 363 g/mol. The topological polar surface area (TPSA) is 90.4 Å². The summed E-state index contributed by atoms with van der Waals surface area (Å²) in [7, 11) is 0. The van der Waals surface area contributed by atoms with Crippen molar-refractivity contribution in [3.05, 3.63) is 60.0 Å². The van der Waals surface area contributed by atoms with Crippen LogP contribution in [-0.4, -0.2) is 22.7 Å². The Morgan fingerprint density at radius 1 is 1.22 bits per heavy atom. The van der Waals surface area contributed by atoms with E-state index in [2.05, 4.69) is 15.5 Å². The van der Waals surface area contributed by atoms with E-state index in [4.69, 9.17) is 13.7 Å². The molecule has 3 aromatic heterocycles. The fourth-order valence-corrected chi connectivity index (χ4v) is 2.87. The molecule has 0 bridgehead atoms. The van der Waals surface area contributed by atoms with Crippen LogP contribution in [0.2, 0.25) is 0 Å². The number of amides is 1. The number of hydrogen-bond acceptors (Lipinski definition) is 6. The van der Waals surface area contributed by atoms with Gasteiger partial charge in [0.05, 0.1) is 35.2 Å². The molecule has 7 heteroatoms. The molecule has 136 valence electrons. The summed E-state index contributed by atoms with van der Waals surface area (Å²) >= 11 is 0. The number of rotatable bonds is 5. The van der Waals surface area contributed by atoms with E-state index in [0.717, 1.165) is 0 Å². The quantitative estimate of drug-likeness (QED) is 0.564. The number of aryl methyl sites for hydroxylation is 1. The van der Waals surface area contributed by atoms with Crippen LogP contribution in [-0.2, 0) is 0 Å². The Balaban J connectivity index is 1.78. The molecule has 0 fully saturated rings. The number of para-hydroxylation sites is 2. The Labute approximate surface area is 154 Å². The molecule has 3 heterocycles. The molecule has 4 rings (SSSR count). The standard InChI is InChI=1S/C20H17N3O4/c1-3-25-16-8-5-4-7-14(16)21-19(24)13-11-15(17-9-6-10-26-17)22-20-18(13)12(2)23-27-20/h4-11H,3H2,1-2H3,(H,21,24). The van der Waals surface area contributed by atoms with Gasteiger partial charge in [0.15, 0.2) is 5.76 Å². The summed E-state index contributed by atoms with van der Waals surface area (Å²) < 4.78 is 16.3. The van der Waals surface area contributed by atoms with Crippen LogP contribution in [0.3, 0.4) is 0 Å². The molecule has 1 N–H and O–H groups in total. The second-order valence-corrected chi connectivity index (χ2v) is 5.86. The van der Waals surface area contributed by atoms with Crippen LogP contribution in [0.5, 0.6) is 5.75 Å². The summed E-state index contributed by atoms with van der Waals surface area (Å²) in [5, 5.41) is 7.41. The zero-order chi connectivity index (χ0) is 18.8. The van der Waals surface area contributed by atoms with Crippen LogP contribution >= 0.6 is 0 Å². The van der Waals surface area contributed by atoms with Gasteiger partial charge in [-0.1, -0.05) is 17.3 Å². The lowest BCUT2D eigenvalue weighted by atomic mass is 10.1. The van der Waals surface area contributed by atoms with Crippen LogP contribution < -0.4 is 10.1 Å². The van der Waals surface area contributed by atoms with E-state index in [1.165, 1.54) is 0 Å². The first-order valence-electron chi connectivity index (χ1n) is 8.51. The van der Waals surface area contributed by atoms with Gasteiger partial charge >= 0.3 is 0 Å². The first kappa shape index (κ1) is 16.8. The lowest BCUT2D eigenvalue weighted by Gasteiger charge is -2.12. The lowest BCUT2D eigenvalue weighted by Crippen LogP contribution is -2.14. The van der Waals surface area contributed by atoms with Gasteiger partial charge in [-0.3, -0.25) is 4.79 Å². The number of carbonyl (C=O) groups excluding carboxylic acids is 1. The Morgan fingerprint density at radius 2 is 2.07 bits per heavy atom. The fraction of sp³-hybridized carbons (Fsp3) is 0.150. The van der Waals surface area contributed by atoms with Crippen molar-refractivity contribution in [1.82, 2.24) is 10.1 Å². The van der Waals surface area contributed by atoms with Crippen molar-refractivity contribution in [3.8, 4) is 17.2 Å². The normalized spacial score (nSPS) is 10.9. The van der Waals surface area contributed by atoms with Crippen LogP contribution in [0.1, 0.15) is 23.0 Å². The molecule has 0 saturated carbocycles. The Bertz CT molecular complexity index is 1100. The van der Waals surface area contributed by atoms with Gasteiger partial charge in [-0.05, 0) is 44.2 Å². The summed E-state index contributed by atoms with van der Waals surface area (Å²) in [6, 6.07) is 12.5. The predicted octanol–water partition coefficient (Wildman–Crippen LogP) is 4.44. The van der Waals surface area contributed by atoms with Gasteiger partial charge in [0.1, 0.15) is 11.4 Å². The molecule has 0 aliphatic heterocycles. The third-order valence-corrected chi connectivity index (χ3v) is 4.07. The SMILES string of the molecule is CCOc1ccccc1NC(=O)c1cc(-c2ccco2)nc2onc(C)c12. The summed E-state index contributed by atoms with van der Waals surface area (Å²) in [6.07, 6.45) is 1.55. The maximum Gasteiger partial charge on any atom is 0.259 e. The summed E-state index contributed by atoms with van der Waals surface area (Å²) in [6.45, 7) is 4.16. The number of hydrogen-bond donors (Lipinski definition) is 1. The second kappa shape index (κ2) is 6.95. The number of furan rings is 1. The van der Waals surface area contributed by atoms with E-state index in [9.17, 15) is 4.79 Å². The Kier molecular flexibility index (Phi) is 4.33. The molecule has 0 atom stereocenters. The highest BCUT2D eigenvalue weighted by Crippen LogP contribution is 2.29. The van der Waals surface area contributed by atoms with Gasteiger partial charge in [0, 0.05) is 0 Å². The van der Waals surface area contributed by atoms with E-state index < -0.39 is 0 Å². The van der Waals surface area contributed by atoms with Crippen molar-refractivity contribution in [1.29, 1.82) is 0 Å². The fourth-order valence-electron chi connectivity index (χ4n) is 2.87. The monoisotopic (exact) mass is 363 g/mol. The second-order valence-electron chi connectivity index (χ2n) is 5.86. The maximum atomic E-state index is 13.1. The Morgan fingerprint density at radius 3 is 2.85 bits per heavy atom. The minimum Gasteiger partial charge on any atom is -0.492 e. The molecule has 0 saturated heterocycles. The molecular weight excluding hydrogens is 346 g/mol. The number of fused-ring (bicyclic) bond motifs is 1. The van der Waals surface area contributed by atoms with Crippen molar-refractivity contribution < 1.29 is 18.5 Å². The van der Waals surface area contributed by atoms with Gasteiger partial charge in [-0.15, -0.1) is 0 Å². The first-order valence-corrected chi connectivity index (χ1v) is 8.51. The first-order chi connectivity index (χ1) is 13.2. The van der Waals surface area contributed by atoms with Gasteiger partial charge < -0.3 is 19.0 Å². The highest BCUT2D eigenvalue weighted by Gasteiger charge is 2.21. The van der Waals surface area contributed by atoms with E-state index in [-0.39, 0.29) is 11.6 Å². The van der Waals surface area contributed by atoms with Crippen LogP contribution in [0.25, 0.3) is 22.6 Å². The highest BCUT2D eigenvalue weighted by atomic mass is 16.5. The third kappa shape index (κ3) is 3.15. The minimum atomic E-state index is -0.311. The number of benzene rings is 1. The summed E-state index contributed by atoms with van der Waals surface area (Å²) in [5.41, 5.74) is 2.35. The lowest BCUT2D eigenvalue weighted by molar-refractivity contribution is 0.102. The predicted molar refractivity (Wildman–Crippen MR) is 99.8 cm³/mol. The van der Waals surface area contributed by atoms with E-state index in [1.54, 1.807) is 43.5 Å². The number of ether oxygens (including phenoxy) is 1. The number of pyridine rings is 1. The van der Waals surface area contributed by atoms with Gasteiger partial charge in [-0.25, -0.2) is 4.98 Å². The molecular formula is C20H17N3O4. The molecule has 7 nitrogen and oxygen atoms in total. The molecule has 0 aliphatic carbocycles. The van der Waals surface area contributed by atoms with Crippen LogP contribution in [0, 0.1) is 6.92 Å². The molecule has 0 radical (unpaired) electrons. The summed E-state index contributed by atoms with van der Waals surface area (Å²) in [4.78, 5) is 17.5.